The summed E-state index contributed by atoms with van der Waals surface area (Å²) in [6, 6.07) is 16.6. The molecule has 0 aromatic heterocycles. The molecule has 1 fully saturated rings. The Kier molecular flexibility index (Phi) is 4.63. The van der Waals surface area contributed by atoms with Gasteiger partial charge in [-0.3, -0.25) is 19.3 Å². The highest BCUT2D eigenvalue weighted by Gasteiger charge is 2.60. The number of hydrogen-bond acceptors (Lipinski definition) is 3. The lowest BCUT2D eigenvalue weighted by Gasteiger charge is -2.49. The number of benzene rings is 2. The van der Waals surface area contributed by atoms with Crippen molar-refractivity contribution < 1.29 is 14.4 Å². The maximum absolute atomic E-state index is 13.5. The van der Waals surface area contributed by atoms with Crippen LogP contribution >= 0.6 is 0 Å². The Morgan fingerprint density at radius 1 is 1.07 bits per heavy atom. The Balaban J connectivity index is 1.75. The predicted molar refractivity (Wildman–Crippen MR) is 106 cm³/mol. The van der Waals surface area contributed by atoms with E-state index in [1.54, 1.807) is 34.1 Å². The smallest absolute Gasteiger partial charge is 0.267 e. The third kappa shape index (κ3) is 2.68. The van der Waals surface area contributed by atoms with Crippen LogP contribution in [0.15, 0.2) is 54.6 Å². The van der Waals surface area contributed by atoms with E-state index in [1.807, 2.05) is 37.3 Å². The van der Waals surface area contributed by atoms with E-state index in [4.69, 9.17) is 0 Å². The third-order valence-electron chi connectivity index (χ3n) is 5.48. The van der Waals surface area contributed by atoms with Gasteiger partial charge in [0.2, 0.25) is 11.6 Å². The quantitative estimate of drug-likeness (QED) is 0.871. The number of para-hydroxylation sites is 1. The van der Waals surface area contributed by atoms with Crippen molar-refractivity contribution in [3.63, 3.8) is 0 Å². The molecule has 2 aromatic carbocycles. The first kappa shape index (κ1) is 18.2. The topological polar surface area (TPSA) is 69.7 Å². The minimum atomic E-state index is -1.30. The Morgan fingerprint density at radius 2 is 1.79 bits per heavy atom. The van der Waals surface area contributed by atoms with Crippen LogP contribution in [0.2, 0.25) is 0 Å². The maximum atomic E-state index is 13.5. The van der Waals surface area contributed by atoms with Gasteiger partial charge >= 0.3 is 0 Å². The Labute approximate surface area is 164 Å². The van der Waals surface area contributed by atoms with Gasteiger partial charge in [-0.15, -0.1) is 0 Å². The molecule has 6 heteroatoms. The van der Waals surface area contributed by atoms with Crippen LogP contribution in [0, 0.1) is 0 Å². The van der Waals surface area contributed by atoms with Crippen molar-refractivity contribution in [2.24, 2.45) is 0 Å². The van der Waals surface area contributed by atoms with E-state index in [1.165, 1.54) is 0 Å². The molecular weight excluding hydrogens is 354 g/mol. The van der Waals surface area contributed by atoms with Crippen LogP contribution < -0.4 is 10.2 Å². The van der Waals surface area contributed by atoms with Crippen LogP contribution in [-0.2, 0) is 16.1 Å². The number of rotatable bonds is 5. The Morgan fingerprint density at radius 3 is 2.54 bits per heavy atom. The highest BCUT2D eigenvalue weighted by atomic mass is 16.2. The van der Waals surface area contributed by atoms with Gasteiger partial charge in [-0.05, 0) is 24.1 Å². The first-order chi connectivity index (χ1) is 13.6. The summed E-state index contributed by atoms with van der Waals surface area (Å²) in [6.45, 7) is 2.72. The number of carbonyl (C=O) groups excluding carboxylic acids is 3. The Bertz CT molecular complexity index is 928. The van der Waals surface area contributed by atoms with Crippen LogP contribution in [-0.4, -0.2) is 34.8 Å². The molecular formula is C22H23N3O3. The summed E-state index contributed by atoms with van der Waals surface area (Å²) in [6.07, 6.45) is 1.23. The summed E-state index contributed by atoms with van der Waals surface area (Å²) in [5, 5.41) is 2.96. The zero-order valence-electron chi connectivity index (χ0n) is 15.9. The zero-order chi connectivity index (χ0) is 19.7. The van der Waals surface area contributed by atoms with E-state index >= 15 is 0 Å². The van der Waals surface area contributed by atoms with Crippen molar-refractivity contribution in [2.45, 2.75) is 38.4 Å². The van der Waals surface area contributed by atoms with Gasteiger partial charge in [-0.1, -0.05) is 49.4 Å². The number of nitrogens with one attached hydrogen (secondary N) is 1. The molecule has 28 heavy (non-hydrogen) atoms. The van der Waals surface area contributed by atoms with Gasteiger partial charge in [0.15, 0.2) is 0 Å². The summed E-state index contributed by atoms with van der Waals surface area (Å²) < 4.78 is 0. The van der Waals surface area contributed by atoms with Crippen molar-refractivity contribution in [3.05, 3.63) is 65.7 Å². The first-order valence-corrected chi connectivity index (χ1v) is 9.66. The highest BCUT2D eigenvalue weighted by Crippen LogP contribution is 2.44. The fraction of sp³-hybridized carbons (Fsp3) is 0.318. The number of hydrogen-bond donors (Lipinski definition) is 1. The molecule has 0 spiro atoms. The molecule has 2 aliphatic rings. The SMILES string of the molecule is CCCN1C(=O)c2ccccc2N2C(=O)CCC12C(=O)NCc1ccccc1. The molecule has 6 nitrogen and oxygen atoms in total. The van der Waals surface area contributed by atoms with E-state index in [-0.39, 0.29) is 24.1 Å². The molecule has 0 aliphatic carbocycles. The molecule has 1 saturated heterocycles. The normalized spacial score (nSPS) is 20.8. The molecule has 0 radical (unpaired) electrons. The van der Waals surface area contributed by atoms with Gasteiger partial charge in [0.25, 0.3) is 11.8 Å². The van der Waals surface area contributed by atoms with E-state index in [0.717, 1.165) is 5.56 Å². The van der Waals surface area contributed by atoms with E-state index in [9.17, 15) is 14.4 Å². The number of nitrogens with zero attached hydrogens (tertiary/aromatic N) is 2. The molecule has 2 aromatic rings. The maximum Gasteiger partial charge on any atom is 0.267 e. The van der Waals surface area contributed by atoms with E-state index < -0.39 is 5.66 Å². The summed E-state index contributed by atoms with van der Waals surface area (Å²) >= 11 is 0. The van der Waals surface area contributed by atoms with Crippen molar-refractivity contribution in [2.75, 3.05) is 11.4 Å². The van der Waals surface area contributed by atoms with Crippen molar-refractivity contribution >= 4 is 23.4 Å². The van der Waals surface area contributed by atoms with Crippen LogP contribution in [0.25, 0.3) is 0 Å². The molecule has 0 saturated carbocycles. The number of anilines is 1. The fourth-order valence-electron chi connectivity index (χ4n) is 4.23. The minimum absolute atomic E-state index is 0.129. The summed E-state index contributed by atoms with van der Waals surface area (Å²) in [5.74, 6) is -0.632. The number of carbonyl (C=O) groups is 3. The van der Waals surface area contributed by atoms with E-state index in [2.05, 4.69) is 5.32 Å². The standard InChI is InChI=1S/C22H23N3O3/c1-2-14-24-20(27)17-10-6-7-11-18(17)25-19(26)12-13-22(24,25)21(28)23-15-16-8-4-3-5-9-16/h3-11H,2,12-15H2,1H3,(H,23,28). The summed E-state index contributed by atoms with van der Waals surface area (Å²) in [5.41, 5.74) is 0.662. The van der Waals surface area contributed by atoms with Crippen molar-refractivity contribution in [3.8, 4) is 0 Å². The van der Waals surface area contributed by atoms with Crippen molar-refractivity contribution in [1.29, 1.82) is 0 Å². The molecule has 144 valence electrons. The average molecular weight is 377 g/mol. The van der Waals surface area contributed by atoms with Crippen LogP contribution in [0.4, 0.5) is 5.69 Å². The van der Waals surface area contributed by atoms with Crippen molar-refractivity contribution in [1.82, 2.24) is 10.2 Å². The van der Waals surface area contributed by atoms with Gasteiger partial charge < -0.3 is 10.2 Å². The first-order valence-electron chi connectivity index (χ1n) is 9.66. The van der Waals surface area contributed by atoms with E-state index in [0.29, 0.717) is 37.2 Å². The minimum Gasteiger partial charge on any atom is -0.348 e. The van der Waals surface area contributed by atoms with Gasteiger partial charge in [-0.2, -0.15) is 0 Å². The highest BCUT2D eigenvalue weighted by molar-refractivity contribution is 6.16. The summed E-state index contributed by atoms with van der Waals surface area (Å²) in [7, 11) is 0. The second kappa shape index (κ2) is 7.11. The molecule has 1 atom stereocenters. The summed E-state index contributed by atoms with van der Waals surface area (Å²) in [4.78, 5) is 42.7. The molecule has 2 aliphatic heterocycles. The fourth-order valence-corrected chi connectivity index (χ4v) is 4.23. The van der Waals surface area contributed by atoms with Gasteiger partial charge in [0.05, 0.1) is 11.3 Å². The molecule has 0 bridgehead atoms. The van der Waals surface area contributed by atoms with Gasteiger partial charge in [0.1, 0.15) is 0 Å². The molecule has 1 N–H and O–H groups in total. The molecule has 1 unspecified atom stereocenters. The largest absolute Gasteiger partial charge is 0.348 e. The molecule has 2 heterocycles. The lowest BCUT2D eigenvalue weighted by atomic mass is 9.95. The number of fused-ring (bicyclic) bond motifs is 3. The monoisotopic (exact) mass is 377 g/mol. The zero-order valence-corrected chi connectivity index (χ0v) is 15.9. The Hall–Kier alpha value is -3.15. The van der Waals surface area contributed by atoms with Crippen LogP contribution in [0.5, 0.6) is 0 Å². The third-order valence-corrected chi connectivity index (χ3v) is 5.48. The van der Waals surface area contributed by atoms with Gasteiger partial charge in [0, 0.05) is 25.9 Å². The van der Waals surface area contributed by atoms with Gasteiger partial charge in [-0.25, -0.2) is 0 Å². The molecule has 4 rings (SSSR count). The predicted octanol–water partition coefficient (Wildman–Crippen LogP) is 2.69. The van der Waals surface area contributed by atoms with Crippen LogP contribution in [0.1, 0.15) is 42.1 Å². The number of amides is 3. The molecule has 3 amide bonds. The lowest BCUT2D eigenvalue weighted by molar-refractivity contribution is -0.133. The lowest BCUT2D eigenvalue weighted by Crippen LogP contribution is -2.70. The average Bonchev–Trinajstić information content (AvgIpc) is 3.08. The second-order valence-electron chi connectivity index (χ2n) is 7.19. The van der Waals surface area contributed by atoms with Crippen LogP contribution in [0.3, 0.4) is 0 Å². The second-order valence-corrected chi connectivity index (χ2v) is 7.19.